The quantitative estimate of drug-likeness (QED) is 0.144. The zero-order valence-electron chi connectivity index (χ0n) is 15.8. The van der Waals surface area contributed by atoms with E-state index in [0.717, 1.165) is 16.2 Å². The van der Waals surface area contributed by atoms with Crippen LogP contribution in [0.1, 0.15) is 18.5 Å². The predicted molar refractivity (Wildman–Crippen MR) is 112 cm³/mol. The van der Waals surface area contributed by atoms with Gasteiger partial charge in [0.25, 0.3) is 11.8 Å². The number of thiazole rings is 1. The predicted octanol–water partition coefficient (Wildman–Crippen LogP) is -0.536. The number of β-lactam (4-membered cyclic amide) rings is 1. The van der Waals surface area contributed by atoms with E-state index in [1.54, 1.807) is 12.2 Å². The molecule has 0 bridgehead atoms. The number of allylic oxidation sites excluding steroid dienone is 2. The van der Waals surface area contributed by atoms with Gasteiger partial charge in [0.1, 0.15) is 22.8 Å². The molecule has 2 aliphatic heterocycles. The molecule has 2 atom stereocenters. The fourth-order valence-electron chi connectivity index (χ4n) is 3.04. The molecule has 3 heterocycles. The second-order valence-corrected chi connectivity index (χ2v) is 8.46. The molecule has 1 aromatic rings. The lowest BCUT2D eigenvalue weighted by molar-refractivity contribution is -0.150. The van der Waals surface area contributed by atoms with Crippen LogP contribution in [-0.4, -0.2) is 66.8 Å². The highest BCUT2D eigenvalue weighted by atomic mass is 32.2. The van der Waals surface area contributed by atoms with Gasteiger partial charge in [-0.05, 0) is 12.0 Å². The molecule has 14 heteroatoms. The van der Waals surface area contributed by atoms with Gasteiger partial charge < -0.3 is 27.1 Å². The summed E-state index contributed by atoms with van der Waals surface area (Å²) in [7, 11) is 0. The highest BCUT2D eigenvalue weighted by Gasteiger charge is 2.54. The van der Waals surface area contributed by atoms with Gasteiger partial charge in [-0.1, -0.05) is 17.3 Å². The second kappa shape index (κ2) is 9.18. The van der Waals surface area contributed by atoms with Crippen LogP contribution in [0.3, 0.4) is 0 Å². The van der Waals surface area contributed by atoms with Crippen LogP contribution in [-0.2, 0) is 19.2 Å². The molecule has 12 nitrogen and oxygen atoms in total. The summed E-state index contributed by atoms with van der Waals surface area (Å²) in [5.41, 5.74) is 10.5. The Morgan fingerprint density at radius 2 is 2.16 bits per heavy atom. The summed E-state index contributed by atoms with van der Waals surface area (Å²) in [6, 6.07) is -1.00. The molecule has 3 amide bonds. The fourth-order valence-corrected chi connectivity index (χ4v) is 4.91. The molecule has 1 saturated heterocycles. The molecule has 0 aliphatic carbocycles. The maximum absolute atomic E-state index is 12.6. The molecule has 0 saturated carbocycles. The van der Waals surface area contributed by atoms with Crippen molar-refractivity contribution < 1.29 is 29.5 Å². The number of anilines is 1. The number of fused-ring (bicyclic) bond motifs is 1. The summed E-state index contributed by atoms with van der Waals surface area (Å²) in [6.07, 6.45) is 3.64. The average molecular weight is 467 g/mol. The molecule has 3 rings (SSSR count). The van der Waals surface area contributed by atoms with Crippen molar-refractivity contribution in [3.05, 3.63) is 34.5 Å². The Hall–Kier alpha value is -3.39. The number of amides is 3. The summed E-state index contributed by atoms with van der Waals surface area (Å²) >= 11 is 2.32. The number of aromatic nitrogens is 1. The minimum atomic E-state index is -1.28. The number of nitrogens with two attached hydrogens (primary N) is 2. The number of nitrogen functional groups attached to an aromatic ring is 1. The van der Waals surface area contributed by atoms with Crippen LogP contribution in [0.15, 0.2) is 34.0 Å². The first kappa shape index (κ1) is 22.3. The van der Waals surface area contributed by atoms with E-state index in [9.17, 15) is 29.5 Å². The molecule has 7 N–H and O–H groups in total. The molecular weight excluding hydrogens is 448 g/mol. The maximum atomic E-state index is 12.6. The molecule has 1 fully saturated rings. The van der Waals surface area contributed by atoms with E-state index in [0.29, 0.717) is 12.0 Å². The summed E-state index contributed by atoms with van der Waals surface area (Å²) in [4.78, 5) is 52.7. The molecule has 0 aromatic carbocycles. The molecule has 31 heavy (non-hydrogen) atoms. The van der Waals surface area contributed by atoms with Crippen LogP contribution >= 0.6 is 23.1 Å². The Morgan fingerprint density at radius 3 is 2.74 bits per heavy atom. The van der Waals surface area contributed by atoms with Crippen molar-refractivity contribution in [3.8, 4) is 0 Å². The maximum Gasteiger partial charge on any atom is 0.352 e. The number of hydrogen-bond acceptors (Lipinski definition) is 10. The third-order valence-electron chi connectivity index (χ3n) is 4.44. The van der Waals surface area contributed by atoms with Gasteiger partial charge >= 0.3 is 5.97 Å². The Kier molecular flexibility index (Phi) is 6.60. The number of nitrogens with one attached hydrogen (secondary N) is 1. The number of carbonyl (C=O) groups is 4. The standard InChI is InChI=1S/C17H18N6O6S2/c18-9(24)4-2-1-3-7-5-30-15-11(14(26)23(15)12(7)16(27)28)21-13(25)10(22-29)8-6-31-17(19)20-8/h1,3,6,11,15,29H,2,4-5H2,(H2,18,24)(H2,19,20)(H,21,25)(H,27,28)/b3-1-,22-10?/t11-,15-/m1/s1. The van der Waals surface area contributed by atoms with Crippen molar-refractivity contribution >= 4 is 57.6 Å². The first-order valence-corrected chi connectivity index (χ1v) is 10.8. The molecule has 0 spiro atoms. The third-order valence-corrected chi connectivity index (χ3v) is 6.42. The van der Waals surface area contributed by atoms with Gasteiger partial charge in [0.05, 0.1) is 0 Å². The molecular formula is C17H18N6O6S2. The van der Waals surface area contributed by atoms with Gasteiger partial charge in [0.15, 0.2) is 10.8 Å². The van der Waals surface area contributed by atoms with E-state index in [4.69, 9.17) is 11.5 Å². The van der Waals surface area contributed by atoms with Crippen LogP contribution in [0.5, 0.6) is 0 Å². The number of carboxylic acid groups (broad SMARTS) is 1. The topological polar surface area (TPSA) is 201 Å². The van der Waals surface area contributed by atoms with Crippen molar-refractivity contribution in [2.45, 2.75) is 24.3 Å². The van der Waals surface area contributed by atoms with Crippen LogP contribution in [0.2, 0.25) is 0 Å². The highest BCUT2D eigenvalue weighted by molar-refractivity contribution is 8.00. The zero-order chi connectivity index (χ0) is 22.7. The smallest absolute Gasteiger partial charge is 0.352 e. The first-order chi connectivity index (χ1) is 14.7. The minimum Gasteiger partial charge on any atom is -0.477 e. The van der Waals surface area contributed by atoms with Gasteiger partial charge in [-0.3, -0.25) is 19.3 Å². The lowest BCUT2D eigenvalue weighted by Gasteiger charge is -2.49. The lowest BCUT2D eigenvalue weighted by Crippen LogP contribution is -2.71. The van der Waals surface area contributed by atoms with Crippen molar-refractivity contribution in [1.29, 1.82) is 0 Å². The molecule has 0 radical (unpaired) electrons. The van der Waals surface area contributed by atoms with Crippen LogP contribution in [0, 0.1) is 0 Å². The number of primary amides is 1. The SMILES string of the molecule is NC(=O)CC/C=C\C1=C(C(=O)O)N2C(=O)[C@@H](NC(=O)C(=NO)c3csc(N)n3)[C@H]2SC1. The van der Waals surface area contributed by atoms with Crippen LogP contribution in [0.25, 0.3) is 0 Å². The van der Waals surface area contributed by atoms with Gasteiger partial charge in [0, 0.05) is 17.6 Å². The van der Waals surface area contributed by atoms with E-state index in [1.807, 2.05) is 0 Å². The number of carboxylic acids is 1. The molecule has 1 aromatic heterocycles. The zero-order valence-corrected chi connectivity index (χ0v) is 17.5. The van der Waals surface area contributed by atoms with E-state index >= 15 is 0 Å². The monoisotopic (exact) mass is 466 g/mol. The number of rotatable bonds is 8. The third kappa shape index (κ3) is 4.54. The van der Waals surface area contributed by atoms with E-state index in [-0.39, 0.29) is 28.7 Å². The fraction of sp³-hybridized carbons (Fsp3) is 0.294. The Labute approximate surface area is 183 Å². The van der Waals surface area contributed by atoms with E-state index < -0.39 is 40.8 Å². The number of hydrogen-bond donors (Lipinski definition) is 5. The normalized spacial score (nSPS) is 21.1. The minimum absolute atomic E-state index is 0.0527. The second-order valence-electron chi connectivity index (χ2n) is 6.47. The Balaban J connectivity index is 1.74. The van der Waals surface area contributed by atoms with E-state index in [2.05, 4.69) is 15.5 Å². The first-order valence-electron chi connectivity index (χ1n) is 8.84. The molecule has 0 unspecified atom stereocenters. The van der Waals surface area contributed by atoms with Crippen molar-refractivity contribution in [2.75, 3.05) is 11.5 Å². The van der Waals surface area contributed by atoms with Gasteiger partial charge in [-0.2, -0.15) is 0 Å². The van der Waals surface area contributed by atoms with Gasteiger partial charge in [-0.15, -0.1) is 23.1 Å². The highest BCUT2D eigenvalue weighted by Crippen LogP contribution is 2.40. The summed E-state index contributed by atoms with van der Waals surface area (Å²) < 4.78 is 0. The largest absolute Gasteiger partial charge is 0.477 e. The Bertz CT molecular complexity index is 1030. The Morgan fingerprint density at radius 1 is 1.42 bits per heavy atom. The molecule has 2 aliphatic rings. The molecule has 164 valence electrons. The van der Waals surface area contributed by atoms with Gasteiger partial charge in [0.2, 0.25) is 5.91 Å². The summed E-state index contributed by atoms with van der Waals surface area (Å²) in [5.74, 6) is -2.93. The number of thioether (sulfide) groups is 1. The van der Waals surface area contributed by atoms with Crippen LogP contribution in [0.4, 0.5) is 5.13 Å². The number of carbonyl (C=O) groups excluding carboxylic acids is 3. The van der Waals surface area contributed by atoms with Crippen molar-refractivity contribution in [2.24, 2.45) is 10.9 Å². The van der Waals surface area contributed by atoms with Crippen molar-refractivity contribution in [1.82, 2.24) is 15.2 Å². The average Bonchev–Trinajstić information content (AvgIpc) is 3.14. The summed E-state index contributed by atoms with van der Waals surface area (Å²) in [5, 5.41) is 25.2. The summed E-state index contributed by atoms with van der Waals surface area (Å²) in [6.45, 7) is 0. The number of nitrogens with zero attached hydrogens (tertiary/aromatic N) is 3. The van der Waals surface area contributed by atoms with Crippen LogP contribution < -0.4 is 16.8 Å². The number of aliphatic carboxylic acids is 1. The van der Waals surface area contributed by atoms with E-state index in [1.165, 1.54) is 17.1 Å². The van der Waals surface area contributed by atoms with Crippen molar-refractivity contribution in [3.63, 3.8) is 0 Å². The van der Waals surface area contributed by atoms with Gasteiger partial charge in [-0.25, -0.2) is 9.78 Å². The lowest BCUT2D eigenvalue weighted by atomic mass is 10.0. The number of oxime groups is 1.